The molecule has 19 heavy (non-hydrogen) atoms. The molecule has 1 aromatic carbocycles. The van der Waals surface area contributed by atoms with Crippen molar-refractivity contribution in [2.75, 3.05) is 13.2 Å². The first-order valence-corrected chi connectivity index (χ1v) is 6.17. The first-order valence-electron chi connectivity index (χ1n) is 6.17. The number of hydrogen-bond donors (Lipinski definition) is 2. The smallest absolute Gasteiger partial charge is 0.237 e. The van der Waals surface area contributed by atoms with E-state index in [-0.39, 0.29) is 18.2 Å². The van der Waals surface area contributed by atoms with Crippen LogP contribution < -0.4 is 0 Å². The standard InChI is InChI=1S/C14H17NO4/c1-14(8-16,9-17)15-12(18)7-11(13(15)19)10-5-3-2-4-6-10/h2-6,11,16-17H,7-9H2,1H3. The van der Waals surface area contributed by atoms with Crippen molar-refractivity contribution in [2.24, 2.45) is 0 Å². The minimum absolute atomic E-state index is 0.0818. The van der Waals surface area contributed by atoms with Gasteiger partial charge in [-0.15, -0.1) is 0 Å². The van der Waals surface area contributed by atoms with Gasteiger partial charge in [0, 0.05) is 6.42 Å². The van der Waals surface area contributed by atoms with E-state index in [9.17, 15) is 19.8 Å². The summed E-state index contributed by atoms with van der Waals surface area (Å²) in [5, 5.41) is 18.7. The van der Waals surface area contributed by atoms with Crippen molar-refractivity contribution in [3.05, 3.63) is 35.9 Å². The maximum Gasteiger partial charge on any atom is 0.237 e. The number of rotatable bonds is 4. The normalized spacial score (nSPS) is 20.2. The van der Waals surface area contributed by atoms with Gasteiger partial charge in [-0.05, 0) is 12.5 Å². The molecule has 1 aliphatic rings. The van der Waals surface area contributed by atoms with Crippen molar-refractivity contribution >= 4 is 11.8 Å². The number of amides is 2. The van der Waals surface area contributed by atoms with Gasteiger partial charge in [-0.1, -0.05) is 30.3 Å². The molecule has 1 aromatic rings. The summed E-state index contributed by atoms with van der Waals surface area (Å²) in [5.74, 6) is -1.24. The Kier molecular flexibility index (Phi) is 3.68. The summed E-state index contributed by atoms with van der Waals surface area (Å²) < 4.78 is 0. The molecule has 1 atom stereocenters. The molecule has 0 radical (unpaired) electrons. The molecule has 0 spiro atoms. The van der Waals surface area contributed by atoms with Gasteiger partial charge >= 0.3 is 0 Å². The Morgan fingerprint density at radius 3 is 2.32 bits per heavy atom. The fourth-order valence-electron chi connectivity index (χ4n) is 2.34. The fraction of sp³-hybridized carbons (Fsp3) is 0.429. The number of carbonyl (C=O) groups excluding carboxylic acids is 2. The Hall–Kier alpha value is -1.72. The molecule has 1 aliphatic heterocycles. The van der Waals surface area contributed by atoms with E-state index in [0.717, 1.165) is 10.5 Å². The Balaban J connectivity index is 2.32. The zero-order valence-electron chi connectivity index (χ0n) is 10.7. The lowest BCUT2D eigenvalue weighted by molar-refractivity contribution is -0.149. The average Bonchev–Trinajstić information content (AvgIpc) is 2.75. The third kappa shape index (κ3) is 2.27. The molecular formula is C14H17NO4. The largest absolute Gasteiger partial charge is 0.394 e. The minimum atomic E-state index is -1.24. The van der Waals surface area contributed by atoms with E-state index in [4.69, 9.17) is 0 Å². The first-order chi connectivity index (χ1) is 9.03. The molecule has 1 unspecified atom stereocenters. The minimum Gasteiger partial charge on any atom is -0.394 e. The second kappa shape index (κ2) is 5.11. The van der Waals surface area contributed by atoms with Gasteiger partial charge in [-0.3, -0.25) is 14.5 Å². The van der Waals surface area contributed by atoms with Crippen molar-refractivity contribution in [1.82, 2.24) is 4.90 Å². The van der Waals surface area contributed by atoms with Gasteiger partial charge in [0.25, 0.3) is 0 Å². The predicted octanol–water partition coefficient (Wildman–Crippen LogP) is 0.272. The summed E-state index contributed by atoms with van der Waals surface area (Å²) in [4.78, 5) is 25.4. The number of likely N-dealkylation sites (tertiary alicyclic amines) is 1. The Labute approximate surface area is 111 Å². The van der Waals surface area contributed by atoms with Gasteiger partial charge < -0.3 is 10.2 Å². The quantitative estimate of drug-likeness (QED) is 0.764. The Morgan fingerprint density at radius 2 is 1.79 bits per heavy atom. The van der Waals surface area contributed by atoms with E-state index in [1.165, 1.54) is 6.92 Å². The van der Waals surface area contributed by atoms with E-state index >= 15 is 0 Å². The van der Waals surface area contributed by atoms with Crippen molar-refractivity contribution in [3.63, 3.8) is 0 Å². The van der Waals surface area contributed by atoms with Gasteiger partial charge in [-0.25, -0.2) is 0 Å². The molecule has 0 saturated carbocycles. The predicted molar refractivity (Wildman–Crippen MR) is 68.2 cm³/mol. The summed E-state index contributed by atoms with van der Waals surface area (Å²) in [6, 6.07) is 9.07. The van der Waals surface area contributed by atoms with Crippen LogP contribution in [0.25, 0.3) is 0 Å². The summed E-state index contributed by atoms with van der Waals surface area (Å²) in [7, 11) is 0. The summed E-state index contributed by atoms with van der Waals surface area (Å²) >= 11 is 0. The molecular weight excluding hydrogens is 246 g/mol. The lowest BCUT2D eigenvalue weighted by Gasteiger charge is -2.34. The van der Waals surface area contributed by atoms with Crippen molar-refractivity contribution < 1.29 is 19.8 Å². The van der Waals surface area contributed by atoms with Gasteiger partial charge in [0.2, 0.25) is 11.8 Å². The molecule has 0 aromatic heterocycles. The maximum absolute atomic E-state index is 12.4. The number of aliphatic hydroxyl groups excluding tert-OH is 2. The topological polar surface area (TPSA) is 77.8 Å². The van der Waals surface area contributed by atoms with E-state index < -0.39 is 24.7 Å². The number of carbonyl (C=O) groups is 2. The van der Waals surface area contributed by atoms with Gasteiger partial charge in [0.1, 0.15) is 0 Å². The number of benzene rings is 1. The third-order valence-corrected chi connectivity index (χ3v) is 3.57. The Morgan fingerprint density at radius 1 is 1.21 bits per heavy atom. The maximum atomic E-state index is 12.4. The highest BCUT2D eigenvalue weighted by molar-refractivity contribution is 6.07. The van der Waals surface area contributed by atoms with Crippen molar-refractivity contribution in [3.8, 4) is 0 Å². The van der Waals surface area contributed by atoms with E-state index in [1.54, 1.807) is 12.1 Å². The van der Waals surface area contributed by atoms with Crippen LogP contribution in [0.15, 0.2) is 30.3 Å². The fourth-order valence-corrected chi connectivity index (χ4v) is 2.34. The van der Waals surface area contributed by atoms with Crippen molar-refractivity contribution in [2.45, 2.75) is 24.8 Å². The molecule has 0 aliphatic carbocycles. The second-order valence-corrected chi connectivity index (χ2v) is 5.05. The second-order valence-electron chi connectivity index (χ2n) is 5.05. The summed E-state index contributed by atoms with van der Waals surface area (Å²) in [6.07, 6.45) is 0.0818. The lowest BCUT2D eigenvalue weighted by Crippen LogP contribution is -2.54. The highest BCUT2D eigenvalue weighted by Gasteiger charge is 2.48. The third-order valence-electron chi connectivity index (χ3n) is 3.57. The van der Waals surface area contributed by atoms with Crippen LogP contribution >= 0.6 is 0 Å². The molecule has 102 valence electrons. The van der Waals surface area contributed by atoms with Gasteiger partial charge in [-0.2, -0.15) is 0 Å². The van der Waals surface area contributed by atoms with Crippen LogP contribution in [0, 0.1) is 0 Å². The van der Waals surface area contributed by atoms with Crippen molar-refractivity contribution in [1.29, 1.82) is 0 Å². The van der Waals surface area contributed by atoms with Crippen LogP contribution in [-0.4, -0.2) is 45.7 Å². The van der Waals surface area contributed by atoms with Crippen LogP contribution in [-0.2, 0) is 9.59 Å². The van der Waals surface area contributed by atoms with Crippen LogP contribution in [0.2, 0.25) is 0 Å². The molecule has 2 rings (SSSR count). The number of imide groups is 1. The molecule has 5 heteroatoms. The molecule has 5 nitrogen and oxygen atoms in total. The van der Waals surface area contributed by atoms with E-state index in [0.29, 0.717) is 0 Å². The first kappa shape index (κ1) is 13.7. The molecule has 1 fully saturated rings. The Bertz CT molecular complexity index is 481. The molecule has 1 heterocycles. The van der Waals surface area contributed by atoms with Crippen LogP contribution in [0.1, 0.15) is 24.8 Å². The highest BCUT2D eigenvalue weighted by atomic mass is 16.3. The monoisotopic (exact) mass is 263 g/mol. The lowest BCUT2D eigenvalue weighted by atomic mass is 9.97. The van der Waals surface area contributed by atoms with Crippen LogP contribution in [0.5, 0.6) is 0 Å². The van der Waals surface area contributed by atoms with Crippen LogP contribution in [0.3, 0.4) is 0 Å². The van der Waals surface area contributed by atoms with Crippen LogP contribution in [0.4, 0.5) is 0 Å². The summed E-state index contributed by atoms with van der Waals surface area (Å²) in [5.41, 5.74) is -0.459. The molecule has 2 amide bonds. The van der Waals surface area contributed by atoms with E-state index in [1.807, 2.05) is 18.2 Å². The SMILES string of the molecule is CC(CO)(CO)N1C(=O)CC(c2ccccc2)C1=O. The molecule has 1 saturated heterocycles. The highest BCUT2D eigenvalue weighted by Crippen LogP contribution is 2.33. The number of hydrogen-bond acceptors (Lipinski definition) is 4. The van der Waals surface area contributed by atoms with Gasteiger partial charge in [0.05, 0.1) is 24.7 Å². The number of nitrogens with zero attached hydrogens (tertiary/aromatic N) is 1. The number of aliphatic hydroxyl groups is 2. The zero-order valence-corrected chi connectivity index (χ0v) is 10.7. The zero-order chi connectivity index (χ0) is 14.0. The van der Waals surface area contributed by atoms with E-state index in [2.05, 4.69) is 0 Å². The molecule has 2 N–H and O–H groups in total. The van der Waals surface area contributed by atoms with Gasteiger partial charge in [0.15, 0.2) is 0 Å². The molecule has 0 bridgehead atoms. The summed E-state index contributed by atoms with van der Waals surface area (Å²) in [6.45, 7) is 0.584. The average molecular weight is 263 g/mol.